The summed E-state index contributed by atoms with van der Waals surface area (Å²) in [4.78, 5) is 6.88. The molecule has 1 aromatic heterocycles. The molecule has 1 aliphatic rings. The maximum absolute atomic E-state index is 5.38. The molecule has 1 fully saturated rings. The minimum absolute atomic E-state index is 0.800. The van der Waals surface area contributed by atoms with Crippen LogP contribution < -0.4 is 10.2 Å². The molecule has 0 unspecified atom stereocenters. The van der Waals surface area contributed by atoms with Gasteiger partial charge in [-0.25, -0.2) is 4.98 Å². The van der Waals surface area contributed by atoms with E-state index in [2.05, 4.69) is 26.0 Å². The second-order valence-electron chi connectivity index (χ2n) is 4.56. The van der Waals surface area contributed by atoms with Crippen molar-refractivity contribution in [2.75, 3.05) is 44.3 Å². The maximum Gasteiger partial charge on any atom is 0.205 e. The zero-order valence-corrected chi connectivity index (χ0v) is 11.3. The Kier molecular flexibility index (Phi) is 5.48. The highest BCUT2D eigenvalue weighted by molar-refractivity contribution is 5.31. The molecule has 0 aromatic carbocycles. The molecule has 0 bridgehead atoms. The maximum atomic E-state index is 5.38. The van der Waals surface area contributed by atoms with Crippen molar-refractivity contribution in [3.05, 3.63) is 12.4 Å². The second-order valence-corrected chi connectivity index (χ2v) is 4.56. The van der Waals surface area contributed by atoms with Gasteiger partial charge < -0.3 is 19.5 Å². The van der Waals surface area contributed by atoms with Crippen LogP contribution in [0.25, 0.3) is 0 Å². The van der Waals surface area contributed by atoms with Gasteiger partial charge in [0, 0.05) is 51.8 Å². The Morgan fingerprint density at radius 1 is 1.39 bits per heavy atom. The van der Waals surface area contributed by atoms with Gasteiger partial charge in [0.25, 0.3) is 0 Å². The number of hydrogen-bond acceptors (Lipinski definition) is 4. The van der Waals surface area contributed by atoms with Crippen LogP contribution in [0.5, 0.6) is 0 Å². The van der Waals surface area contributed by atoms with E-state index in [1.807, 2.05) is 13.1 Å². The number of imidazole rings is 1. The van der Waals surface area contributed by atoms with E-state index in [1.54, 1.807) is 0 Å². The number of rotatable bonds is 6. The van der Waals surface area contributed by atoms with Crippen LogP contribution in [0.4, 0.5) is 5.95 Å². The molecule has 2 heterocycles. The quantitative estimate of drug-likeness (QED) is 0.770. The van der Waals surface area contributed by atoms with Crippen molar-refractivity contribution >= 4 is 5.95 Å². The van der Waals surface area contributed by atoms with Gasteiger partial charge in [0.1, 0.15) is 0 Å². The van der Waals surface area contributed by atoms with Gasteiger partial charge in [-0.05, 0) is 26.3 Å². The minimum atomic E-state index is 0.800. The minimum Gasteiger partial charge on any atom is -0.382 e. The van der Waals surface area contributed by atoms with E-state index in [9.17, 15) is 0 Å². The van der Waals surface area contributed by atoms with E-state index in [1.165, 1.54) is 6.42 Å². The average Bonchev–Trinajstić information content (AvgIpc) is 2.68. The largest absolute Gasteiger partial charge is 0.382 e. The molecule has 1 aromatic rings. The Bertz CT molecular complexity index is 331. The van der Waals surface area contributed by atoms with Gasteiger partial charge in [0.05, 0.1) is 0 Å². The van der Waals surface area contributed by atoms with E-state index in [4.69, 9.17) is 4.74 Å². The van der Waals surface area contributed by atoms with Gasteiger partial charge in [0.15, 0.2) is 0 Å². The number of nitrogens with zero attached hydrogens (tertiary/aromatic N) is 3. The summed E-state index contributed by atoms with van der Waals surface area (Å²) in [5, 5.41) is 3.42. The molecule has 0 atom stereocenters. The van der Waals surface area contributed by atoms with Gasteiger partial charge in [-0.1, -0.05) is 0 Å². The smallest absolute Gasteiger partial charge is 0.205 e. The predicted molar refractivity (Wildman–Crippen MR) is 73.0 cm³/mol. The first-order chi connectivity index (χ1) is 8.92. The van der Waals surface area contributed by atoms with Crippen molar-refractivity contribution in [1.82, 2.24) is 14.9 Å². The lowest BCUT2D eigenvalue weighted by molar-refractivity contribution is 0.141. The summed E-state index contributed by atoms with van der Waals surface area (Å²) in [7, 11) is 0. The third-order valence-corrected chi connectivity index (χ3v) is 3.21. The summed E-state index contributed by atoms with van der Waals surface area (Å²) in [6, 6.07) is 0. The van der Waals surface area contributed by atoms with Gasteiger partial charge in [-0.3, -0.25) is 0 Å². The molecule has 1 saturated heterocycles. The number of hydrogen-bond donors (Lipinski definition) is 1. The zero-order chi connectivity index (χ0) is 12.6. The van der Waals surface area contributed by atoms with Gasteiger partial charge in [-0.2, -0.15) is 0 Å². The molecule has 0 saturated carbocycles. The van der Waals surface area contributed by atoms with Crippen LogP contribution in [-0.2, 0) is 11.3 Å². The number of ether oxygens (including phenoxy) is 1. The van der Waals surface area contributed by atoms with Gasteiger partial charge in [-0.15, -0.1) is 0 Å². The van der Waals surface area contributed by atoms with Crippen LogP contribution in [0.3, 0.4) is 0 Å². The summed E-state index contributed by atoms with van der Waals surface area (Å²) in [5.41, 5.74) is 0. The first kappa shape index (κ1) is 13.4. The molecule has 102 valence electrons. The summed E-state index contributed by atoms with van der Waals surface area (Å²) in [5.74, 6) is 1.11. The molecule has 0 radical (unpaired) electrons. The fourth-order valence-corrected chi connectivity index (χ4v) is 2.29. The molecular weight excluding hydrogens is 228 g/mol. The second kappa shape index (κ2) is 7.38. The van der Waals surface area contributed by atoms with Crippen LogP contribution in [0.1, 0.15) is 19.8 Å². The fourth-order valence-electron chi connectivity index (χ4n) is 2.29. The summed E-state index contributed by atoms with van der Waals surface area (Å²) >= 11 is 0. The summed E-state index contributed by atoms with van der Waals surface area (Å²) in [6.07, 6.45) is 6.20. The van der Waals surface area contributed by atoms with Crippen LogP contribution >= 0.6 is 0 Å². The van der Waals surface area contributed by atoms with Crippen molar-refractivity contribution in [3.63, 3.8) is 0 Å². The molecule has 2 rings (SSSR count). The standard InChI is InChI=1S/C13H24N4O/c1-2-18-12-4-9-17-11-7-15-13(17)16-8-3-5-14-6-10-16/h7,11,14H,2-6,8-10,12H2,1H3. The van der Waals surface area contributed by atoms with Crippen molar-refractivity contribution in [2.45, 2.75) is 26.3 Å². The molecule has 1 aliphatic heterocycles. The normalized spacial score (nSPS) is 16.8. The zero-order valence-electron chi connectivity index (χ0n) is 11.3. The Hall–Kier alpha value is -1.07. The number of aromatic nitrogens is 2. The first-order valence-corrected chi connectivity index (χ1v) is 6.96. The number of nitrogens with one attached hydrogen (secondary N) is 1. The number of anilines is 1. The monoisotopic (exact) mass is 252 g/mol. The molecule has 0 aliphatic carbocycles. The lowest BCUT2D eigenvalue weighted by atomic mass is 10.4. The molecule has 1 N–H and O–H groups in total. The third kappa shape index (κ3) is 3.71. The summed E-state index contributed by atoms with van der Waals surface area (Å²) < 4.78 is 7.62. The SMILES string of the molecule is CCOCCCn1ccnc1N1CCCNCC1. The Morgan fingerprint density at radius 3 is 3.22 bits per heavy atom. The van der Waals surface area contributed by atoms with Crippen LogP contribution in [0.2, 0.25) is 0 Å². The van der Waals surface area contributed by atoms with Crippen molar-refractivity contribution < 1.29 is 4.74 Å². The predicted octanol–water partition coefficient (Wildman–Crippen LogP) is 1.11. The first-order valence-electron chi connectivity index (χ1n) is 6.96. The molecule has 0 amide bonds. The highest BCUT2D eigenvalue weighted by Crippen LogP contribution is 2.13. The van der Waals surface area contributed by atoms with Crippen molar-refractivity contribution in [2.24, 2.45) is 0 Å². The molecule has 5 nitrogen and oxygen atoms in total. The van der Waals surface area contributed by atoms with E-state index in [0.29, 0.717) is 0 Å². The summed E-state index contributed by atoms with van der Waals surface area (Å²) in [6.45, 7) is 8.95. The van der Waals surface area contributed by atoms with E-state index >= 15 is 0 Å². The highest BCUT2D eigenvalue weighted by Gasteiger charge is 2.13. The molecule has 18 heavy (non-hydrogen) atoms. The van der Waals surface area contributed by atoms with Crippen molar-refractivity contribution in [3.8, 4) is 0 Å². The molecule has 5 heteroatoms. The third-order valence-electron chi connectivity index (χ3n) is 3.21. The lowest BCUT2D eigenvalue weighted by Crippen LogP contribution is -2.30. The number of aryl methyl sites for hydroxylation is 1. The lowest BCUT2D eigenvalue weighted by Gasteiger charge is -2.22. The fraction of sp³-hybridized carbons (Fsp3) is 0.769. The van der Waals surface area contributed by atoms with Crippen molar-refractivity contribution in [1.29, 1.82) is 0 Å². The average molecular weight is 252 g/mol. The van der Waals surface area contributed by atoms with E-state index in [0.717, 1.165) is 58.3 Å². The Balaban J connectivity index is 1.89. The van der Waals surface area contributed by atoms with Crippen LogP contribution in [-0.4, -0.2) is 48.9 Å². The highest BCUT2D eigenvalue weighted by atomic mass is 16.5. The topological polar surface area (TPSA) is 42.3 Å². The van der Waals surface area contributed by atoms with Gasteiger partial charge >= 0.3 is 0 Å². The van der Waals surface area contributed by atoms with Crippen LogP contribution in [0.15, 0.2) is 12.4 Å². The molecule has 0 spiro atoms. The van der Waals surface area contributed by atoms with Gasteiger partial charge in [0.2, 0.25) is 5.95 Å². The molecular formula is C13H24N4O. The Morgan fingerprint density at radius 2 is 2.33 bits per heavy atom. The van der Waals surface area contributed by atoms with E-state index in [-0.39, 0.29) is 0 Å². The van der Waals surface area contributed by atoms with Crippen LogP contribution in [0, 0.1) is 0 Å². The van der Waals surface area contributed by atoms with E-state index < -0.39 is 0 Å². The Labute approximate surface area is 109 Å².